The summed E-state index contributed by atoms with van der Waals surface area (Å²) in [6, 6.07) is 13.7. The van der Waals surface area contributed by atoms with Gasteiger partial charge in [-0.1, -0.05) is 18.2 Å². The minimum atomic E-state index is -3.94. The van der Waals surface area contributed by atoms with Gasteiger partial charge in [0.15, 0.2) is 0 Å². The number of sulfonamides is 1. The molecule has 8 nitrogen and oxygen atoms in total. The standard InChI is InChI=1S/C20H20N4O4S/c21-29(26,27)16-5-6-19(24-7-9-28-10-8-24)17(12-16)20(25)23-15-11-14-3-1-2-4-18(14)22-13-15/h1-6,11-13H,7-10H2,(H,23,25)(H2,21,26,27). The van der Waals surface area contributed by atoms with Crippen LogP contribution in [-0.4, -0.2) is 45.6 Å². The number of benzene rings is 2. The maximum atomic E-state index is 13.1. The fourth-order valence-electron chi connectivity index (χ4n) is 3.29. The second kappa shape index (κ2) is 7.78. The third kappa shape index (κ3) is 4.21. The lowest BCUT2D eigenvalue weighted by Crippen LogP contribution is -2.37. The van der Waals surface area contributed by atoms with Gasteiger partial charge in [0.2, 0.25) is 10.0 Å². The Morgan fingerprint density at radius 2 is 1.86 bits per heavy atom. The van der Waals surface area contributed by atoms with E-state index in [4.69, 9.17) is 9.88 Å². The van der Waals surface area contributed by atoms with Gasteiger partial charge in [0.25, 0.3) is 5.91 Å². The third-order valence-corrected chi connectivity index (χ3v) is 5.65. The highest BCUT2D eigenvalue weighted by Gasteiger charge is 2.22. The van der Waals surface area contributed by atoms with E-state index in [1.165, 1.54) is 12.1 Å². The largest absolute Gasteiger partial charge is 0.378 e. The Labute approximate surface area is 168 Å². The Bertz CT molecular complexity index is 1170. The monoisotopic (exact) mass is 412 g/mol. The number of rotatable bonds is 4. The molecule has 1 aliphatic heterocycles. The zero-order valence-electron chi connectivity index (χ0n) is 15.5. The summed E-state index contributed by atoms with van der Waals surface area (Å²) in [6.07, 6.45) is 1.57. The molecule has 0 saturated carbocycles. The van der Waals surface area contributed by atoms with Crippen LogP contribution >= 0.6 is 0 Å². The van der Waals surface area contributed by atoms with Crippen molar-refractivity contribution in [3.8, 4) is 0 Å². The molecule has 1 fully saturated rings. The molecule has 0 unspecified atom stereocenters. The van der Waals surface area contributed by atoms with Crippen molar-refractivity contribution in [3.63, 3.8) is 0 Å². The fourth-order valence-corrected chi connectivity index (χ4v) is 3.83. The molecule has 4 rings (SSSR count). The number of hydrogen-bond donors (Lipinski definition) is 2. The molecule has 2 heterocycles. The first-order valence-corrected chi connectivity index (χ1v) is 10.6. The lowest BCUT2D eigenvalue weighted by atomic mass is 10.1. The number of anilines is 2. The molecule has 1 saturated heterocycles. The van der Waals surface area contributed by atoms with E-state index in [0.717, 1.165) is 10.9 Å². The molecule has 0 bridgehead atoms. The van der Waals surface area contributed by atoms with E-state index in [1.54, 1.807) is 12.3 Å². The van der Waals surface area contributed by atoms with Crippen molar-refractivity contribution in [2.45, 2.75) is 4.90 Å². The number of para-hydroxylation sites is 1. The summed E-state index contributed by atoms with van der Waals surface area (Å²) in [5, 5.41) is 8.97. The Morgan fingerprint density at radius 1 is 1.10 bits per heavy atom. The van der Waals surface area contributed by atoms with Crippen molar-refractivity contribution in [1.29, 1.82) is 0 Å². The van der Waals surface area contributed by atoms with E-state index < -0.39 is 15.9 Å². The van der Waals surface area contributed by atoms with Crippen LogP contribution in [0.15, 0.2) is 59.6 Å². The molecule has 29 heavy (non-hydrogen) atoms. The van der Waals surface area contributed by atoms with Crippen molar-refractivity contribution in [2.75, 3.05) is 36.5 Å². The molecular formula is C20H20N4O4S. The van der Waals surface area contributed by atoms with Crippen LogP contribution in [0.3, 0.4) is 0 Å². The third-order valence-electron chi connectivity index (χ3n) is 4.74. The van der Waals surface area contributed by atoms with E-state index in [1.807, 2.05) is 35.2 Å². The number of hydrogen-bond acceptors (Lipinski definition) is 6. The van der Waals surface area contributed by atoms with Crippen LogP contribution < -0.4 is 15.4 Å². The van der Waals surface area contributed by atoms with Gasteiger partial charge < -0.3 is 15.0 Å². The number of amides is 1. The molecule has 1 amide bonds. The molecule has 9 heteroatoms. The number of aromatic nitrogens is 1. The molecule has 0 aliphatic carbocycles. The van der Waals surface area contributed by atoms with E-state index in [2.05, 4.69) is 10.3 Å². The first kappa shape index (κ1) is 19.3. The van der Waals surface area contributed by atoms with E-state index >= 15 is 0 Å². The molecule has 0 radical (unpaired) electrons. The number of primary sulfonamides is 1. The zero-order valence-corrected chi connectivity index (χ0v) is 16.4. The Hall–Kier alpha value is -3.01. The average Bonchev–Trinajstić information content (AvgIpc) is 2.73. The van der Waals surface area contributed by atoms with Crippen molar-refractivity contribution in [2.24, 2.45) is 5.14 Å². The van der Waals surface area contributed by atoms with E-state index in [9.17, 15) is 13.2 Å². The summed E-state index contributed by atoms with van der Waals surface area (Å²) in [5.74, 6) is -0.436. The SMILES string of the molecule is NS(=O)(=O)c1ccc(N2CCOCC2)c(C(=O)Nc2cnc3ccccc3c2)c1. The minimum Gasteiger partial charge on any atom is -0.378 e. The number of nitrogens with zero attached hydrogens (tertiary/aromatic N) is 2. The molecular weight excluding hydrogens is 392 g/mol. The molecule has 0 spiro atoms. The predicted molar refractivity (Wildman–Crippen MR) is 111 cm³/mol. The highest BCUT2D eigenvalue weighted by atomic mass is 32.2. The van der Waals surface area contributed by atoms with Gasteiger partial charge in [0, 0.05) is 24.2 Å². The van der Waals surface area contributed by atoms with Crippen LogP contribution in [0, 0.1) is 0 Å². The van der Waals surface area contributed by atoms with Gasteiger partial charge in [-0.25, -0.2) is 13.6 Å². The van der Waals surface area contributed by atoms with Gasteiger partial charge >= 0.3 is 0 Å². The number of carbonyl (C=O) groups is 1. The molecule has 2 aromatic carbocycles. The predicted octanol–water partition coefficient (Wildman–Crippen LogP) is 1.97. The zero-order chi connectivity index (χ0) is 20.4. The van der Waals surface area contributed by atoms with Gasteiger partial charge in [0.05, 0.1) is 41.1 Å². The van der Waals surface area contributed by atoms with Crippen LogP contribution in [0.25, 0.3) is 10.9 Å². The summed E-state index contributed by atoms with van der Waals surface area (Å²) in [5.41, 5.74) is 2.19. The van der Waals surface area contributed by atoms with Gasteiger partial charge in [-0.2, -0.15) is 0 Å². The van der Waals surface area contributed by atoms with Crippen molar-refractivity contribution in [1.82, 2.24) is 4.98 Å². The number of fused-ring (bicyclic) bond motifs is 1. The normalized spacial score (nSPS) is 14.7. The summed E-state index contributed by atoms with van der Waals surface area (Å²) in [7, 11) is -3.94. The topological polar surface area (TPSA) is 115 Å². The van der Waals surface area contributed by atoms with Gasteiger partial charge in [-0.3, -0.25) is 9.78 Å². The fraction of sp³-hybridized carbons (Fsp3) is 0.200. The molecule has 3 aromatic rings. The number of nitrogens with two attached hydrogens (primary N) is 1. The number of nitrogens with one attached hydrogen (secondary N) is 1. The second-order valence-electron chi connectivity index (χ2n) is 6.69. The molecule has 3 N–H and O–H groups in total. The lowest BCUT2D eigenvalue weighted by molar-refractivity contribution is 0.102. The maximum Gasteiger partial charge on any atom is 0.257 e. The van der Waals surface area contributed by atoms with E-state index in [0.29, 0.717) is 37.7 Å². The van der Waals surface area contributed by atoms with Crippen LogP contribution in [0.2, 0.25) is 0 Å². The highest BCUT2D eigenvalue weighted by molar-refractivity contribution is 7.89. The Kier molecular flexibility index (Phi) is 5.18. The van der Waals surface area contributed by atoms with Gasteiger partial charge in [-0.15, -0.1) is 0 Å². The maximum absolute atomic E-state index is 13.1. The van der Waals surface area contributed by atoms with Crippen LogP contribution in [-0.2, 0) is 14.8 Å². The number of morpholine rings is 1. The number of carbonyl (C=O) groups excluding carboxylic acids is 1. The summed E-state index contributed by atoms with van der Waals surface area (Å²) >= 11 is 0. The van der Waals surface area contributed by atoms with Gasteiger partial charge in [-0.05, 0) is 30.3 Å². The first-order valence-electron chi connectivity index (χ1n) is 9.07. The lowest BCUT2D eigenvalue weighted by Gasteiger charge is -2.30. The summed E-state index contributed by atoms with van der Waals surface area (Å²) in [4.78, 5) is 19.3. The Morgan fingerprint density at radius 3 is 2.62 bits per heavy atom. The summed E-state index contributed by atoms with van der Waals surface area (Å²) < 4.78 is 29.0. The smallest absolute Gasteiger partial charge is 0.257 e. The molecule has 1 aromatic heterocycles. The van der Waals surface area contributed by atoms with Gasteiger partial charge in [0.1, 0.15) is 0 Å². The quantitative estimate of drug-likeness (QED) is 0.677. The number of pyridine rings is 1. The first-order chi connectivity index (χ1) is 13.9. The van der Waals surface area contributed by atoms with Crippen LogP contribution in [0.5, 0.6) is 0 Å². The van der Waals surface area contributed by atoms with Crippen molar-refractivity contribution >= 4 is 38.2 Å². The molecule has 0 atom stereocenters. The summed E-state index contributed by atoms with van der Waals surface area (Å²) in [6.45, 7) is 2.28. The van der Waals surface area contributed by atoms with Crippen LogP contribution in [0.1, 0.15) is 10.4 Å². The molecule has 150 valence electrons. The molecule has 1 aliphatic rings. The Balaban J connectivity index is 1.70. The highest BCUT2D eigenvalue weighted by Crippen LogP contribution is 2.26. The number of ether oxygens (including phenoxy) is 1. The average molecular weight is 412 g/mol. The van der Waals surface area contributed by atoms with E-state index in [-0.39, 0.29) is 10.5 Å². The minimum absolute atomic E-state index is 0.115. The second-order valence-corrected chi connectivity index (χ2v) is 8.26. The van der Waals surface area contributed by atoms with Crippen LogP contribution in [0.4, 0.5) is 11.4 Å². The van der Waals surface area contributed by atoms with Crippen molar-refractivity contribution < 1.29 is 17.9 Å². The van der Waals surface area contributed by atoms with Crippen molar-refractivity contribution in [3.05, 3.63) is 60.3 Å².